The summed E-state index contributed by atoms with van der Waals surface area (Å²) < 4.78 is 40.1. The Balaban J connectivity index is 2.46. The number of hydrogen-bond donors (Lipinski definition) is 2. The monoisotopic (exact) mass is 366 g/mol. The molecule has 1 heterocycles. The minimum Gasteiger partial charge on any atom is -0.399 e. The molecule has 2 rings (SSSR count). The Morgan fingerprint density at radius 2 is 2.15 bits per heavy atom. The molecular formula is C12H16BrFN2O3S. The minimum atomic E-state index is -4.02. The first kappa shape index (κ1) is 15.7. The number of piperidine rings is 1. The second-order valence-corrected chi connectivity index (χ2v) is 8.01. The van der Waals surface area contributed by atoms with Gasteiger partial charge in [-0.2, -0.15) is 4.31 Å². The highest BCUT2D eigenvalue weighted by Crippen LogP contribution is 2.31. The van der Waals surface area contributed by atoms with E-state index < -0.39 is 26.3 Å². The van der Waals surface area contributed by atoms with E-state index in [0.717, 1.165) is 10.4 Å². The van der Waals surface area contributed by atoms with Gasteiger partial charge in [-0.1, -0.05) is 0 Å². The highest BCUT2D eigenvalue weighted by atomic mass is 79.9. The maximum atomic E-state index is 14.1. The molecule has 1 aromatic carbocycles. The van der Waals surface area contributed by atoms with Crippen molar-refractivity contribution >= 4 is 31.6 Å². The SMILES string of the molecule is CC1(O)CCCN(S(=O)(=O)c2cc(N)cc(Br)c2F)C1. The quantitative estimate of drug-likeness (QED) is 0.780. The lowest BCUT2D eigenvalue weighted by molar-refractivity contribution is 0.00934. The van der Waals surface area contributed by atoms with Crippen LogP contribution in [-0.4, -0.2) is 36.5 Å². The Hall–Kier alpha value is -0.700. The molecular weight excluding hydrogens is 351 g/mol. The lowest BCUT2D eigenvalue weighted by Gasteiger charge is -2.36. The van der Waals surface area contributed by atoms with Crippen LogP contribution < -0.4 is 5.73 Å². The number of nitrogens with two attached hydrogens (primary N) is 1. The number of anilines is 1. The first-order valence-corrected chi connectivity index (χ1v) is 8.34. The van der Waals surface area contributed by atoms with Gasteiger partial charge < -0.3 is 10.8 Å². The van der Waals surface area contributed by atoms with Gasteiger partial charge in [-0.25, -0.2) is 12.8 Å². The molecule has 0 saturated carbocycles. The topological polar surface area (TPSA) is 83.6 Å². The molecule has 0 bridgehead atoms. The molecule has 1 aliphatic rings. The molecule has 0 amide bonds. The van der Waals surface area contributed by atoms with E-state index in [1.165, 1.54) is 6.07 Å². The van der Waals surface area contributed by atoms with Crippen LogP contribution in [0.4, 0.5) is 10.1 Å². The van der Waals surface area contributed by atoms with Crippen molar-refractivity contribution in [2.45, 2.75) is 30.3 Å². The van der Waals surface area contributed by atoms with E-state index in [4.69, 9.17) is 5.73 Å². The fourth-order valence-electron chi connectivity index (χ4n) is 2.29. The number of sulfonamides is 1. The largest absolute Gasteiger partial charge is 0.399 e. The molecule has 0 radical (unpaired) electrons. The summed E-state index contributed by atoms with van der Waals surface area (Å²) in [5.41, 5.74) is 4.63. The molecule has 1 fully saturated rings. The molecule has 1 aliphatic heterocycles. The van der Waals surface area contributed by atoms with Crippen LogP contribution in [0.15, 0.2) is 21.5 Å². The average molecular weight is 367 g/mol. The summed E-state index contributed by atoms with van der Waals surface area (Å²) in [5.74, 6) is -0.871. The van der Waals surface area contributed by atoms with Gasteiger partial charge in [-0.05, 0) is 47.8 Å². The van der Waals surface area contributed by atoms with Gasteiger partial charge in [0.15, 0.2) is 5.82 Å². The van der Waals surface area contributed by atoms with Crippen LogP contribution in [0, 0.1) is 5.82 Å². The number of halogens is 2. The van der Waals surface area contributed by atoms with Crippen molar-refractivity contribution in [3.05, 3.63) is 22.4 Å². The van der Waals surface area contributed by atoms with Crippen molar-refractivity contribution in [1.29, 1.82) is 0 Å². The predicted molar refractivity (Wildman–Crippen MR) is 77.1 cm³/mol. The van der Waals surface area contributed by atoms with Gasteiger partial charge in [-0.15, -0.1) is 0 Å². The third-order valence-electron chi connectivity index (χ3n) is 3.27. The van der Waals surface area contributed by atoms with Gasteiger partial charge in [-0.3, -0.25) is 0 Å². The van der Waals surface area contributed by atoms with Crippen molar-refractivity contribution in [3.63, 3.8) is 0 Å². The third-order valence-corrected chi connectivity index (χ3v) is 5.70. The van der Waals surface area contributed by atoms with Gasteiger partial charge in [0.25, 0.3) is 0 Å². The number of nitrogen functional groups attached to an aromatic ring is 1. The first-order chi connectivity index (χ1) is 9.13. The van der Waals surface area contributed by atoms with Gasteiger partial charge in [0.1, 0.15) is 4.90 Å². The number of β-amino-alcohol motifs (C(OH)–C–C–N with tert-alkyl or cyclic N) is 1. The molecule has 0 aromatic heterocycles. The van der Waals surface area contributed by atoms with Crippen LogP contribution in [0.1, 0.15) is 19.8 Å². The van der Waals surface area contributed by atoms with E-state index in [0.29, 0.717) is 12.8 Å². The van der Waals surface area contributed by atoms with Gasteiger partial charge in [0.05, 0.1) is 10.1 Å². The Bertz CT molecular complexity index is 634. The zero-order chi connectivity index (χ0) is 15.1. The predicted octanol–water partition coefficient (Wildman–Crippen LogP) is 1.71. The second kappa shape index (κ2) is 5.25. The Kier molecular flexibility index (Phi) is 4.12. The molecule has 1 atom stereocenters. The van der Waals surface area contributed by atoms with E-state index in [9.17, 15) is 17.9 Å². The summed E-state index contributed by atoms with van der Waals surface area (Å²) in [6.07, 6.45) is 1.04. The molecule has 3 N–H and O–H groups in total. The molecule has 8 heteroatoms. The molecule has 5 nitrogen and oxygen atoms in total. The maximum Gasteiger partial charge on any atom is 0.246 e. The summed E-state index contributed by atoms with van der Waals surface area (Å²) in [6, 6.07) is 2.40. The number of benzene rings is 1. The van der Waals surface area contributed by atoms with E-state index in [1.807, 2.05) is 0 Å². The van der Waals surface area contributed by atoms with Crippen molar-refractivity contribution in [2.24, 2.45) is 0 Å². The summed E-state index contributed by atoms with van der Waals surface area (Å²) in [5, 5.41) is 10.00. The van der Waals surface area contributed by atoms with Crippen molar-refractivity contribution < 1.29 is 17.9 Å². The van der Waals surface area contributed by atoms with E-state index in [-0.39, 0.29) is 23.2 Å². The maximum absolute atomic E-state index is 14.1. The molecule has 112 valence electrons. The highest BCUT2D eigenvalue weighted by Gasteiger charge is 2.37. The van der Waals surface area contributed by atoms with Crippen LogP contribution in [0.2, 0.25) is 0 Å². The van der Waals surface area contributed by atoms with Crippen LogP contribution in [-0.2, 0) is 10.0 Å². The Morgan fingerprint density at radius 1 is 1.50 bits per heavy atom. The number of nitrogens with zero attached hydrogens (tertiary/aromatic N) is 1. The fourth-order valence-corrected chi connectivity index (χ4v) is 4.62. The zero-order valence-electron chi connectivity index (χ0n) is 10.9. The molecule has 0 aliphatic carbocycles. The number of aliphatic hydroxyl groups is 1. The first-order valence-electron chi connectivity index (χ1n) is 6.10. The Labute approximate surface area is 125 Å². The van der Waals surface area contributed by atoms with Crippen LogP contribution in [0.3, 0.4) is 0 Å². The van der Waals surface area contributed by atoms with E-state index in [2.05, 4.69) is 15.9 Å². The normalized spacial score (nSPS) is 24.8. The smallest absolute Gasteiger partial charge is 0.246 e. The van der Waals surface area contributed by atoms with E-state index in [1.54, 1.807) is 6.92 Å². The summed E-state index contributed by atoms with van der Waals surface area (Å²) >= 11 is 2.95. The van der Waals surface area contributed by atoms with Crippen molar-refractivity contribution in [1.82, 2.24) is 4.31 Å². The van der Waals surface area contributed by atoms with Gasteiger partial charge >= 0.3 is 0 Å². The lowest BCUT2D eigenvalue weighted by atomic mass is 9.97. The summed E-state index contributed by atoms with van der Waals surface area (Å²) in [6.45, 7) is 1.77. The Morgan fingerprint density at radius 3 is 2.75 bits per heavy atom. The fraction of sp³-hybridized carbons (Fsp3) is 0.500. The molecule has 0 spiro atoms. The van der Waals surface area contributed by atoms with Crippen LogP contribution in [0.25, 0.3) is 0 Å². The minimum absolute atomic E-state index is 0.000144. The van der Waals surface area contributed by atoms with Gasteiger partial charge in [0, 0.05) is 18.8 Å². The second-order valence-electron chi connectivity index (χ2n) is 5.25. The molecule has 20 heavy (non-hydrogen) atoms. The number of hydrogen-bond acceptors (Lipinski definition) is 4. The van der Waals surface area contributed by atoms with Crippen molar-refractivity contribution in [2.75, 3.05) is 18.8 Å². The summed E-state index contributed by atoms with van der Waals surface area (Å²) in [7, 11) is -4.02. The van der Waals surface area contributed by atoms with Crippen LogP contribution >= 0.6 is 15.9 Å². The zero-order valence-corrected chi connectivity index (χ0v) is 13.3. The third kappa shape index (κ3) is 2.98. The van der Waals surface area contributed by atoms with E-state index >= 15 is 0 Å². The standard InChI is InChI=1S/C12H16BrFN2O3S/c1-12(17)3-2-4-16(7-12)20(18,19)10-6-8(15)5-9(13)11(10)14/h5-6,17H,2-4,7,15H2,1H3. The van der Waals surface area contributed by atoms with Crippen LogP contribution in [0.5, 0.6) is 0 Å². The summed E-state index contributed by atoms with van der Waals surface area (Å²) in [4.78, 5) is -0.470. The van der Waals surface area contributed by atoms with Gasteiger partial charge in [0.2, 0.25) is 10.0 Å². The molecule has 1 saturated heterocycles. The number of rotatable bonds is 2. The molecule has 1 aromatic rings. The lowest BCUT2D eigenvalue weighted by Crippen LogP contribution is -2.48. The molecule has 1 unspecified atom stereocenters. The average Bonchev–Trinajstić information content (AvgIpc) is 2.32. The highest BCUT2D eigenvalue weighted by molar-refractivity contribution is 9.10. The van der Waals surface area contributed by atoms with Crippen molar-refractivity contribution in [3.8, 4) is 0 Å².